The molecule has 0 unspecified atom stereocenters. The minimum atomic E-state index is -0.715. The van der Waals surface area contributed by atoms with Gasteiger partial charge in [-0.1, -0.05) is 13.0 Å². The summed E-state index contributed by atoms with van der Waals surface area (Å²) < 4.78 is 0. The van der Waals surface area contributed by atoms with E-state index in [-0.39, 0.29) is 23.4 Å². The highest BCUT2D eigenvalue weighted by molar-refractivity contribution is 6.23. The fraction of sp³-hybridized carbons (Fsp3) is 0.333. The van der Waals surface area contributed by atoms with Gasteiger partial charge in [-0.15, -0.1) is 0 Å². The molecule has 1 aliphatic rings. The number of aliphatic hydroxyl groups is 1. The van der Waals surface area contributed by atoms with Crippen molar-refractivity contribution in [1.82, 2.24) is 4.90 Å². The SMILES string of the molecule is CC[C@@H](CO)N1C(=O)c2cccc([N+](=O)[O-])c2C1=O. The van der Waals surface area contributed by atoms with E-state index in [9.17, 15) is 24.8 Å². The van der Waals surface area contributed by atoms with Crippen molar-refractivity contribution in [3.63, 3.8) is 0 Å². The van der Waals surface area contributed by atoms with Crippen molar-refractivity contribution < 1.29 is 19.6 Å². The lowest BCUT2D eigenvalue weighted by Gasteiger charge is -2.22. The maximum atomic E-state index is 12.2. The topological polar surface area (TPSA) is 101 Å². The molecule has 0 spiro atoms. The molecule has 1 aliphatic heterocycles. The molecule has 7 heteroatoms. The molecule has 1 aromatic carbocycles. The molecule has 0 radical (unpaired) electrons. The molecule has 1 heterocycles. The Bertz CT molecular complexity index is 565. The van der Waals surface area contributed by atoms with Gasteiger partial charge in [-0.25, -0.2) is 0 Å². The number of hydrogen-bond donors (Lipinski definition) is 1. The summed E-state index contributed by atoms with van der Waals surface area (Å²) in [5.41, 5.74) is -0.554. The van der Waals surface area contributed by atoms with Crippen LogP contribution in [0.4, 0.5) is 5.69 Å². The first-order chi connectivity index (χ1) is 9.02. The normalized spacial score (nSPS) is 15.6. The van der Waals surface area contributed by atoms with E-state index < -0.39 is 22.8 Å². The summed E-state index contributed by atoms with van der Waals surface area (Å²) in [4.78, 5) is 35.4. The Morgan fingerprint density at radius 2 is 2.05 bits per heavy atom. The molecule has 1 atom stereocenters. The Labute approximate surface area is 108 Å². The Morgan fingerprint density at radius 1 is 1.37 bits per heavy atom. The van der Waals surface area contributed by atoms with Gasteiger partial charge in [-0.05, 0) is 12.5 Å². The van der Waals surface area contributed by atoms with Crippen molar-refractivity contribution in [1.29, 1.82) is 0 Å². The highest BCUT2D eigenvalue weighted by atomic mass is 16.6. The molecule has 1 N–H and O–H groups in total. The first kappa shape index (κ1) is 13.2. The lowest BCUT2D eigenvalue weighted by molar-refractivity contribution is -0.385. The number of imide groups is 1. The van der Waals surface area contributed by atoms with E-state index in [1.165, 1.54) is 18.2 Å². The molecule has 0 fully saturated rings. The Balaban J connectivity index is 2.56. The van der Waals surface area contributed by atoms with Crippen molar-refractivity contribution in [2.75, 3.05) is 6.61 Å². The summed E-state index contributed by atoms with van der Waals surface area (Å²) in [7, 11) is 0. The third kappa shape index (κ3) is 1.88. The van der Waals surface area contributed by atoms with Crippen LogP contribution in [0.15, 0.2) is 18.2 Å². The van der Waals surface area contributed by atoms with Gasteiger partial charge in [0.15, 0.2) is 0 Å². The number of fused-ring (bicyclic) bond motifs is 1. The highest BCUT2D eigenvalue weighted by Crippen LogP contribution is 2.32. The summed E-state index contributed by atoms with van der Waals surface area (Å²) in [6.07, 6.45) is 0.385. The van der Waals surface area contributed by atoms with E-state index in [0.29, 0.717) is 6.42 Å². The number of carbonyl (C=O) groups is 2. The molecule has 2 rings (SSSR count). The maximum absolute atomic E-state index is 12.2. The minimum Gasteiger partial charge on any atom is -0.394 e. The zero-order chi connectivity index (χ0) is 14.2. The summed E-state index contributed by atoms with van der Waals surface area (Å²) >= 11 is 0. The van der Waals surface area contributed by atoms with Crippen molar-refractivity contribution in [3.8, 4) is 0 Å². The number of nitro benzene ring substituents is 1. The van der Waals surface area contributed by atoms with E-state index in [0.717, 1.165) is 4.90 Å². The Kier molecular flexibility index (Phi) is 3.30. The first-order valence-electron chi connectivity index (χ1n) is 5.79. The number of amides is 2. The molecular weight excluding hydrogens is 252 g/mol. The van der Waals surface area contributed by atoms with E-state index in [1.54, 1.807) is 6.92 Å². The lowest BCUT2D eigenvalue weighted by Crippen LogP contribution is -2.41. The number of benzene rings is 1. The fourth-order valence-electron chi connectivity index (χ4n) is 2.16. The number of nitro groups is 1. The van der Waals surface area contributed by atoms with Gasteiger partial charge in [-0.2, -0.15) is 0 Å². The largest absolute Gasteiger partial charge is 0.394 e. The fourth-order valence-corrected chi connectivity index (χ4v) is 2.16. The van der Waals surface area contributed by atoms with E-state index in [2.05, 4.69) is 0 Å². The summed E-state index contributed by atoms with van der Waals surface area (Å²) in [6.45, 7) is 1.36. The standard InChI is InChI=1S/C12H12N2O5/c1-2-7(6-15)13-11(16)8-4-3-5-9(14(18)19)10(8)12(13)17/h3-5,7,15H,2,6H2,1H3/t7-/m0/s1. The summed E-state index contributed by atoms with van der Waals surface area (Å²) in [5, 5.41) is 20.1. The van der Waals surface area contributed by atoms with Gasteiger partial charge in [0, 0.05) is 6.07 Å². The molecule has 19 heavy (non-hydrogen) atoms. The van der Waals surface area contributed by atoms with E-state index in [1.807, 2.05) is 0 Å². The Morgan fingerprint density at radius 3 is 2.58 bits per heavy atom. The van der Waals surface area contributed by atoms with Gasteiger partial charge in [0.2, 0.25) is 0 Å². The number of carbonyl (C=O) groups excluding carboxylic acids is 2. The van der Waals surface area contributed by atoms with Crippen molar-refractivity contribution >= 4 is 17.5 Å². The number of aliphatic hydroxyl groups excluding tert-OH is 1. The molecule has 0 saturated heterocycles. The molecule has 0 saturated carbocycles. The number of nitrogens with zero attached hydrogens (tertiary/aromatic N) is 2. The average Bonchev–Trinajstić information content (AvgIpc) is 2.65. The summed E-state index contributed by atoms with van der Waals surface area (Å²) in [6, 6.07) is 3.28. The van der Waals surface area contributed by atoms with Crippen molar-refractivity contribution in [2.24, 2.45) is 0 Å². The van der Waals surface area contributed by atoms with Crippen LogP contribution < -0.4 is 0 Å². The number of hydrogen-bond acceptors (Lipinski definition) is 5. The predicted octanol–water partition coefficient (Wildman–Crippen LogP) is 0.962. The van der Waals surface area contributed by atoms with Crippen LogP contribution in [0.5, 0.6) is 0 Å². The Hall–Kier alpha value is -2.28. The third-order valence-electron chi connectivity index (χ3n) is 3.17. The van der Waals surface area contributed by atoms with Crippen molar-refractivity contribution in [2.45, 2.75) is 19.4 Å². The van der Waals surface area contributed by atoms with Gasteiger partial charge in [0.05, 0.1) is 23.1 Å². The van der Waals surface area contributed by atoms with Crippen molar-refractivity contribution in [3.05, 3.63) is 39.4 Å². The lowest BCUT2D eigenvalue weighted by atomic mass is 10.1. The van der Waals surface area contributed by atoms with Gasteiger partial charge in [0.25, 0.3) is 17.5 Å². The molecule has 2 amide bonds. The van der Waals surface area contributed by atoms with Crippen LogP contribution in [-0.4, -0.2) is 39.4 Å². The monoisotopic (exact) mass is 264 g/mol. The number of rotatable bonds is 4. The van der Waals surface area contributed by atoms with Crippen LogP contribution in [0.1, 0.15) is 34.1 Å². The van der Waals surface area contributed by atoms with Crippen LogP contribution >= 0.6 is 0 Å². The van der Waals surface area contributed by atoms with Gasteiger partial charge < -0.3 is 5.11 Å². The average molecular weight is 264 g/mol. The minimum absolute atomic E-state index is 0.0195. The van der Waals surface area contributed by atoms with Gasteiger partial charge in [0.1, 0.15) is 5.56 Å². The van der Waals surface area contributed by atoms with Crippen LogP contribution in [0.3, 0.4) is 0 Å². The molecule has 0 bridgehead atoms. The third-order valence-corrected chi connectivity index (χ3v) is 3.17. The molecule has 100 valence electrons. The van der Waals surface area contributed by atoms with Gasteiger partial charge >= 0.3 is 0 Å². The zero-order valence-electron chi connectivity index (χ0n) is 10.2. The van der Waals surface area contributed by atoms with Crippen LogP contribution in [0.2, 0.25) is 0 Å². The molecule has 0 aliphatic carbocycles. The predicted molar refractivity (Wildman–Crippen MR) is 64.8 cm³/mol. The first-order valence-corrected chi connectivity index (χ1v) is 5.79. The van der Waals surface area contributed by atoms with Crippen LogP contribution in [0.25, 0.3) is 0 Å². The van der Waals surface area contributed by atoms with E-state index in [4.69, 9.17) is 0 Å². The maximum Gasteiger partial charge on any atom is 0.282 e. The highest BCUT2D eigenvalue weighted by Gasteiger charge is 2.43. The quantitative estimate of drug-likeness (QED) is 0.496. The molecule has 1 aromatic rings. The molecular formula is C12H12N2O5. The van der Waals surface area contributed by atoms with Gasteiger partial charge in [-0.3, -0.25) is 24.6 Å². The second-order valence-corrected chi connectivity index (χ2v) is 4.18. The second kappa shape index (κ2) is 4.77. The van der Waals surface area contributed by atoms with Crippen LogP contribution in [0, 0.1) is 10.1 Å². The smallest absolute Gasteiger partial charge is 0.282 e. The molecule has 7 nitrogen and oxygen atoms in total. The zero-order valence-corrected chi connectivity index (χ0v) is 10.2. The van der Waals surface area contributed by atoms with E-state index >= 15 is 0 Å². The summed E-state index contributed by atoms with van der Waals surface area (Å²) in [5.74, 6) is -1.31. The van der Waals surface area contributed by atoms with Crippen LogP contribution in [-0.2, 0) is 0 Å². The second-order valence-electron chi connectivity index (χ2n) is 4.18. The molecule has 0 aromatic heterocycles.